The number of benzene rings is 1. The summed E-state index contributed by atoms with van der Waals surface area (Å²) in [7, 11) is 0. The lowest BCUT2D eigenvalue weighted by atomic mass is 9.96. The third kappa shape index (κ3) is 3.43. The second-order valence-corrected chi connectivity index (χ2v) is 7.60. The number of aromatic nitrogens is 2. The number of piperidine rings is 1. The molecule has 2 heterocycles. The molecule has 0 unspecified atom stereocenters. The van der Waals surface area contributed by atoms with Crippen LogP contribution in [0.5, 0.6) is 0 Å². The topological polar surface area (TPSA) is 55.2 Å². The molecule has 2 aromatic rings. The maximum atomic E-state index is 12.7. The Kier molecular flexibility index (Phi) is 4.62. The Balaban J connectivity index is 1.38. The van der Waals surface area contributed by atoms with E-state index in [0.717, 1.165) is 67.6 Å². The molecule has 1 aromatic carbocycles. The van der Waals surface area contributed by atoms with E-state index in [1.807, 2.05) is 36.1 Å². The number of nitrogens with zero attached hydrogens (tertiary/aromatic N) is 3. The molecule has 5 heteroatoms. The van der Waals surface area contributed by atoms with Gasteiger partial charge in [-0.1, -0.05) is 17.7 Å². The van der Waals surface area contributed by atoms with Crippen LogP contribution in [0.3, 0.4) is 0 Å². The van der Waals surface area contributed by atoms with Gasteiger partial charge in [-0.2, -0.15) is 5.10 Å². The monoisotopic (exact) mass is 351 g/mol. The molecular formula is C21H25N3O2. The largest absolute Gasteiger partial charge is 0.339 e. The van der Waals surface area contributed by atoms with Crippen LogP contribution in [0.4, 0.5) is 0 Å². The molecule has 0 N–H and O–H groups in total. The number of aryl methyl sites for hydroxylation is 3. The molecule has 0 bridgehead atoms. The first-order valence-corrected chi connectivity index (χ1v) is 9.56. The van der Waals surface area contributed by atoms with Crippen molar-refractivity contribution in [2.24, 2.45) is 5.92 Å². The van der Waals surface area contributed by atoms with Gasteiger partial charge in [0.2, 0.25) is 0 Å². The molecule has 5 nitrogen and oxygen atoms in total. The van der Waals surface area contributed by atoms with Crippen LogP contribution >= 0.6 is 0 Å². The lowest BCUT2D eigenvalue weighted by Gasteiger charge is -2.32. The standard InChI is InChI=1S/C21H25N3O2/c1-15-4-2-6-18(12-15)21(26)23-10-8-16(9-11-23)14-24-20(25)13-17-5-3-7-19(17)22-24/h2,4,6,12-13,16H,3,5,7-11,14H2,1H3. The highest BCUT2D eigenvalue weighted by Crippen LogP contribution is 2.22. The molecule has 26 heavy (non-hydrogen) atoms. The fraction of sp³-hybridized carbons (Fsp3) is 0.476. The average molecular weight is 351 g/mol. The first kappa shape index (κ1) is 17.0. The quantitative estimate of drug-likeness (QED) is 0.854. The van der Waals surface area contributed by atoms with Gasteiger partial charge < -0.3 is 4.90 Å². The summed E-state index contributed by atoms with van der Waals surface area (Å²) in [6.45, 7) is 4.16. The number of amides is 1. The molecule has 0 saturated carbocycles. The van der Waals surface area contributed by atoms with E-state index >= 15 is 0 Å². The van der Waals surface area contributed by atoms with Gasteiger partial charge in [0.05, 0.1) is 5.69 Å². The van der Waals surface area contributed by atoms with Crippen molar-refractivity contribution in [2.45, 2.75) is 45.6 Å². The molecule has 0 atom stereocenters. The van der Waals surface area contributed by atoms with Crippen LogP contribution in [-0.4, -0.2) is 33.7 Å². The number of likely N-dealkylation sites (tertiary alicyclic amines) is 1. The Labute approximate surface area is 153 Å². The van der Waals surface area contributed by atoms with E-state index in [-0.39, 0.29) is 11.5 Å². The number of fused-ring (bicyclic) bond motifs is 1. The van der Waals surface area contributed by atoms with E-state index in [2.05, 4.69) is 5.10 Å². The first-order valence-electron chi connectivity index (χ1n) is 9.56. The molecule has 1 amide bonds. The van der Waals surface area contributed by atoms with Crippen molar-refractivity contribution in [3.63, 3.8) is 0 Å². The molecule has 4 rings (SSSR count). The zero-order chi connectivity index (χ0) is 18.1. The van der Waals surface area contributed by atoms with Crippen LogP contribution in [-0.2, 0) is 19.4 Å². The van der Waals surface area contributed by atoms with Gasteiger partial charge in [-0.15, -0.1) is 0 Å². The van der Waals surface area contributed by atoms with Crippen molar-refractivity contribution in [3.8, 4) is 0 Å². The van der Waals surface area contributed by atoms with Crippen molar-refractivity contribution in [2.75, 3.05) is 13.1 Å². The number of rotatable bonds is 3. The lowest BCUT2D eigenvalue weighted by Crippen LogP contribution is -2.40. The minimum absolute atomic E-state index is 0.0175. The SMILES string of the molecule is Cc1cccc(C(=O)N2CCC(Cn3nc4c(cc3=O)CCC4)CC2)c1. The molecule has 1 aliphatic heterocycles. The second-order valence-electron chi connectivity index (χ2n) is 7.60. The molecule has 0 spiro atoms. The summed E-state index contributed by atoms with van der Waals surface area (Å²) in [5.41, 5.74) is 4.11. The minimum Gasteiger partial charge on any atom is -0.339 e. The predicted octanol–water partition coefficient (Wildman–Crippen LogP) is 2.59. The Hall–Kier alpha value is -2.43. The van der Waals surface area contributed by atoms with E-state index in [1.54, 1.807) is 10.7 Å². The van der Waals surface area contributed by atoms with Crippen molar-refractivity contribution >= 4 is 5.91 Å². The van der Waals surface area contributed by atoms with Crippen molar-refractivity contribution in [1.29, 1.82) is 0 Å². The van der Waals surface area contributed by atoms with Crippen molar-refractivity contribution in [3.05, 3.63) is 63.1 Å². The van der Waals surface area contributed by atoms with Gasteiger partial charge in [0.15, 0.2) is 0 Å². The van der Waals surface area contributed by atoms with Crippen molar-refractivity contribution < 1.29 is 4.79 Å². The van der Waals surface area contributed by atoms with E-state index in [9.17, 15) is 9.59 Å². The molecule has 136 valence electrons. The summed E-state index contributed by atoms with van der Waals surface area (Å²) in [6, 6.07) is 9.54. The van der Waals surface area contributed by atoms with Gasteiger partial charge in [-0.3, -0.25) is 9.59 Å². The summed E-state index contributed by atoms with van der Waals surface area (Å²) >= 11 is 0. The minimum atomic E-state index is 0.0175. The highest BCUT2D eigenvalue weighted by molar-refractivity contribution is 5.94. The Morgan fingerprint density at radius 3 is 2.77 bits per heavy atom. The number of carbonyl (C=O) groups excluding carboxylic acids is 1. The predicted molar refractivity (Wildman–Crippen MR) is 100 cm³/mol. The lowest BCUT2D eigenvalue weighted by molar-refractivity contribution is 0.0680. The average Bonchev–Trinajstić information content (AvgIpc) is 3.09. The summed E-state index contributed by atoms with van der Waals surface area (Å²) in [4.78, 5) is 26.9. The van der Waals surface area contributed by atoms with Gasteiger partial charge in [0.25, 0.3) is 11.5 Å². The van der Waals surface area contributed by atoms with Gasteiger partial charge in [0.1, 0.15) is 0 Å². The van der Waals surface area contributed by atoms with E-state index < -0.39 is 0 Å². The zero-order valence-corrected chi connectivity index (χ0v) is 15.3. The first-order chi connectivity index (χ1) is 12.6. The third-order valence-electron chi connectivity index (χ3n) is 5.62. The van der Waals surface area contributed by atoms with Gasteiger partial charge in [0, 0.05) is 31.3 Å². The summed E-state index contributed by atoms with van der Waals surface area (Å²) in [6.07, 6.45) is 4.91. The van der Waals surface area contributed by atoms with E-state index in [4.69, 9.17) is 0 Å². The van der Waals surface area contributed by atoms with Gasteiger partial charge in [-0.25, -0.2) is 4.68 Å². The molecule has 1 aromatic heterocycles. The second kappa shape index (κ2) is 7.06. The van der Waals surface area contributed by atoms with Gasteiger partial charge in [-0.05, 0) is 62.6 Å². The third-order valence-corrected chi connectivity index (χ3v) is 5.62. The Morgan fingerprint density at radius 1 is 1.19 bits per heavy atom. The van der Waals surface area contributed by atoms with Crippen LogP contribution in [0.1, 0.15) is 46.4 Å². The molecule has 1 saturated heterocycles. The van der Waals surface area contributed by atoms with E-state index in [1.165, 1.54) is 0 Å². The molecular weight excluding hydrogens is 326 g/mol. The summed E-state index contributed by atoms with van der Waals surface area (Å²) in [5, 5.41) is 4.58. The Morgan fingerprint density at radius 2 is 2.00 bits per heavy atom. The highest BCUT2D eigenvalue weighted by atomic mass is 16.2. The van der Waals surface area contributed by atoms with Crippen molar-refractivity contribution in [1.82, 2.24) is 14.7 Å². The smallest absolute Gasteiger partial charge is 0.267 e. The number of carbonyl (C=O) groups is 1. The fourth-order valence-electron chi connectivity index (χ4n) is 4.09. The molecule has 1 fully saturated rings. The maximum absolute atomic E-state index is 12.7. The van der Waals surface area contributed by atoms with Crippen LogP contribution in [0.2, 0.25) is 0 Å². The maximum Gasteiger partial charge on any atom is 0.267 e. The number of hydrogen-bond donors (Lipinski definition) is 0. The van der Waals surface area contributed by atoms with Crippen LogP contribution in [0.15, 0.2) is 35.1 Å². The van der Waals surface area contributed by atoms with Gasteiger partial charge >= 0.3 is 0 Å². The Bertz CT molecular complexity index is 879. The van der Waals surface area contributed by atoms with E-state index in [0.29, 0.717) is 12.5 Å². The molecule has 0 radical (unpaired) electrons. The zero-order valence-electron chi connectivity index (χ0n) is 15.3. The normalized spacial score (nSPS) is 17.3. The highest BCUT2D eigenvalue weighted by Gasteiger charge is 2.25. The number of hydrogen-bond acceptors (Lipinski definition) is 3. The summed E-state index contributed by atoms with van der Waals surface area (Å²) in [5.74, 6) is 0.515. The summed E-state index contributed by atoms with van der Waals surface area (Å²) < 4.78 is 1.65. The van der Waals surface area contributed by atoms with Crippen LogP contribution in [0, 0.1) is 12.8 Å². The fourth-order valence-corrected chi connectivity index (χ4v) is 4.09. The molecule has 2 aliphatic rings. The molecule has 1 aliphatic carbocycles. The van der Waals surface area contributed by atoms with Crippen LogP contribution < -0.4 is 5.56 Å². The van der Waals surface area contributed by atoms with Crippen LogP contribution in [0.25, 0.3) is 0 Å².